The van der Waals surface area contributed by atoms with Crippen molar-refractivity contribution < 1.29 is 9.18 Å². The molecule has 3 aromatic rings. The maximum atomic E-state index is 13.3. The standard InChI is InChI=1S/C20H19FN2O/c1-23-12-17(16-7-2-3-8-18(16)23)20(9-10-20)13-22-19(24)14-5-4-6-15(21)11-14/h2-8,11-12H,9-10,13H2,1H3,(H,22,24). The highest BCUT2D eigenvalue weighted by Gasteiger charge is 2.46. The van der Waals surface area contributed by atoms with Crippen molar-refractivity contribution in [1.29, 1.82) is 0 Å². The van der Waals surface area contributed by atoms with E-state index in [1.807, 2.05) is 19.2 Å². The Kier molecular flexibility index (Phi) is 3.41. The number of aryl methyl sites for hydroxylation is 1. The fourth-order valence-corrected chi connectivity index (χ4v) is 3.44. The lowest BCUT2D eigenvalue weighted by Gasteiger charge is -2.16. The molecule has 1 heterocycles. The Morgan fingerprint density at radius 1 is 1.21 bits per heavy atom. The number of hydrogen-bond acceptors (Lipinski definition) is 1. The van der Waals surface area contributed by atoms with E-state index in [0.717, 1.165) is 12.8 Å². The number of aromatic nitrogens is 1. The zero-order valence-electron chi connectivity index (χ0n) is 13.6. The smallest absolute Gasteiger partial charge is 0.251 e. The van der Waals surface area contributed by atoms with Gasteiger partial charge in [0.15, 0.2) is 0 Å². The molecule has 24 heavy (non-hydrogen) atoms. The van der Waals surface area contributed by atoms with Gasteiger partial charge in [0.2, 0.25) is 0 Å². The van der Waals surface area contributed by atoms with E-state index in [1.54, 1.807) is 12.1 Å². The zero-order chi connectivity index (χ0) is 16.7. The number of benzene rings is 2. The summed E-state index contributed by atoms with van der Waals surface area (Å²) in [5.74, 6) is -0.612. The Morgan fingerprint density at radius 3 is 2.75 bits per heavy atom. The molecule has 0 radical (unpaired) electrons. The van der Waals surface area contributed by atoms with Crippen LogP contribution in [0.1, 0.15) is 28.8 Å². The molecule has 0 spiro atoms. The fourth-order valence-electron chi connectivity index (χ4n) is 3.44. The van der Waals surface area contributed by atoms with E-state index in [-0.39, 0.29) is 11.3 Å². The topological polar surface area (TPSA) is 34.0 Å². The highest BCUT2D eigenvalue weighted by atomic mass is 19.1. The highest BCUT2D eigenvalue weighted by molar-refractivity contribution is 5.94. The first-order valence-corrected chi connectivity index (χ1v) is 8.17. The molecule has 122 valence electrons. The summed E-state index contributed by atoms with van der Waals surface area (Å²) < 4.78 is 15.4. The van der Waals surface area contributed by atoms with Gasteiger partial charge in [-0.05, 0) is 42.7 Å². The van der Waals surface area contributed by atoms with Crippen molar-refractivity contribution in [3.63, 3.8) is 0 Å². The summed E-state index contributed by atoms with van der Waals surface area (Å²) in [6, 6.07) is 14.1. The number of carbonyl (C=O) groups excluding carboxylic acids is 1. The van der Waals surface area contributed by atoms with Gasteiger partial charge in [-0.15, -0.1) is 0 Å². The maximum Gasteiger partial charge on any atom is 0.251 e. The largest absolute Gasteiger partial charge is 0.351 e. The van der Waals surface area contributed by atoms with E-state index < -0.39 is 5.82 Å². The second-order valence-electron chi connectivity index (χ2n) is 6.64. The van der Waals surface area contributed by atoms with Gasteiger partial charge in [-0.1, -0.05) is 24.3 Å². The zero-order valence-corrected chi connectivity index (χ0v) is 13.6. The minimum Gasteiger partial charge on any atom is -0.351 e. The minimum absolute atomic E-state index is 0.00382. The van der Waals surface area contributed by atoms with Crippen molar-refractivity contribution >= 4 is 16.8 Å². The summed E-state index contributed by atoms with van der Waals surface area (Å²) in [7, 11) is 2.05. The van der Waals surface area contributed by atoms with Crippen LogP contribution in [0.25, 0.3) is 10.9 Å². The van der Waals surface area contributed by atoms with Crippen LogP contribution < -0.4 is 5.32 Å². The molecule has 0 bridgehead atoms. The number of amides is 1. The van der Waals surface area contributed by atoms with Gasteiger partial charge in [-0.2, -0.15) is 0 Å². The minimum atomic E-state index is -0.391. The summed E-state index contributed by atoms with van der Waals surface area (Å²) >= 11 is 0. The lowest BCUT2D eigenvalue weighted by atomic mass is 9.95. The molecule has 1 aliphatic rings. The molecule has 0 unspecified atom stereocenters. The van der Waals surface area contributed by atoms with Gasteiger partial charge in [0.1, 0.15) is 5.82 Å². The first kappa shape index (κ1) is 14.9. The van der Waals surface area contributed by atoms with Gasteiger partial charge < -0.3 is 9.88 Å². The van der Waals surface area contributed by atoms with Crippen LogP contribution in [-0.4, -0.2) is 17.0 Å². The predicted octanol–water partition coefficient (Wildman–Crippen LogP) is 3.78. The van der Waals surface area contributed by atoms with Crippen molar-refractivity contribution in [1.82, 2.24) is 9.88 Å². The summed E-state index contributed by atoms with van der Waals surface area (Å²) in [6.45, 7) is 0.580. The van der Waals surface area contributed by atoms with Crippen molar-refractivity contribution in [2.75, 3.05) is 6.54 Å². The van der Waals surface area contributed by atoms with Gasteiger partial charge in [0.25, 0.3) is 5.91 Å². The predicted molar refractivity (Wildman–Crippen MR) is 92.6 cm³/mol. The Morgan fingerprint density at radius 2 is 2.00 bits per heavy atom. The molecule has 1 fully saturated rings. The molecular formula is C20H19FN2O. The lowest BCUT2D eigenvalue weighted by Crippen LogP contribution is -2.32. The molecule has 0 atom stereocenters. The van der Waals surface area contributed by atoms with Crippen LogP contribution in [0.4, 0.5) is 4.39 Å². The van der Waals surface area contributed by atoms with Gasteiger partial charge in [0, 0.05) is 41.7 Å². The molecule has 1 aromatic heterocycles. The molecule has 4 rings (SSSR count). The van der Waals surface area contributed by atoms with E-state index in [2.05, 4.69) is 28.2 Å². The SMILES string of the molecule is Cn1cc(C2(CNC(=O)c3cccc(F)c3)CC2)c2ccccc21. The molecule has 1 saturated carbocycles. The van der Waals surface area contributed by atoms with Crippen LogP contribution in [0.15, 0.2) is 54.7 Å². The van der Waals surface area contributed by atoms with E-state index in [1.165, 1.54) is 28.6 Å². The number of nitrogens with zero attached hydrogens (tertiary/aromatic N) is 1. The third-order valence-corrected chi connectivity index (χ3v) is 5.00. The molecule has 1 amide bonds. The van der Waals surface area contributed by atoms with Gasteiger partial charge >= 0.3 is 0 Å². The number of nitrogens with one attached hydrogen (secondary N) is 1. The van der Waals surface area contributed by atoms with Crippen LogP contribution in [0.3, 0.4) is 0 Å². The van der Waals surface area contributed by atoms with Crippen LogP contribution in [-0.2, 0) is 12.5 Å². The van der Waals surface area contributed by atoms with E-state index in [0.29, 0.717) is 12.1 Å². The highest BCUT2D eigenvalue weighted by Crippen LogP contribution is 2.50. The first-order valence-electron chi connectivity index (χ1n) is 8.17. The Hall–Kier alpha value is -2.62. The quantitative estimate of drug-likeness (QED) is 0.779. The van der Waals surface area contributed by atoms with Crippen LogP contribution in [0.5, 0.6) is 0 Å². The summed E-state index contributed by atoms with van der Waals surface area (Å²) in [6.07, 6.45) is 4.29. The Labute approximate surface area is 140 Å². The van der Waals surface area contributed by atoms with Gasteiger partial charge in [0.05, 0.1) is 0 Å². The van der Waals surface area contributed by atoms with Crippen molar-refractivity contribution in [2.24, 2.45) is 7.05 Å². The summed E-state index contributed by atoms with van der Waals surface area (Å²) in [5.41, 5.74) is 2.86. The third kappa shape index (κ3) is 2.48. The average molecular weight is 322 g/mol. The Bertz CT molecular complexity index is 924. The molecular weight excluding hydrogens is 303 g/mol. The molecule has 3 nitrogen and oxygen atoms in total. The average Bonchev–Trinajstić information content (AvgIpc) is 3.31. The lowest BCUT2D eigenvalue weighted by molar-refractivity contribution is 0.0949. The molecule has 1 N–H and O–H groups in total. The van der Waals surface area contributed by atoms with E-state index in [4.69, 9.17) is 0 Å². The van der Waals surface area contributed by atoms with Crippen LogP contribution >= 0.6 is 0 Å². The first-order chi connectivity index (χ1) is 11.6. The number of fused-ring (bicyclic) bond motifs is 1. The second kappa shape index (κ2) is 5.48. The van der Waals surface area contributed by atoms with Crippen molar-refractivity contribution in [3.8, 4) is 0 Å². The molecule has 0 aliphatic heterocycles. The fraction of sp³-hybridized carbons (Fsp3) is 0.250. The summed E-state index contributed by atoms with van der Waals surface area (Å²) in [5, 5.41) is 4.23. The number of halogens is 1. The number of carbonyl (C=O) groups is 1. The van der Waals surface area contributed by atoms with Crippen molar-refractivity contribution in [3.05, 3.63) is 71.7 Å². The second-order valence-corrected chi connectivity index (χ2v) is 6.64. The third-order valence-electron chi connectivity index (χ3n) is 5.00. The number of para-hydroxylation sites is 1. The van der Waals surface area contributed by atoms with Crippen LogP contribution in [0, 0.1) is 5.82 Å². The number of rotatable bonds is 4. The van der Waals surface area contributed by atoms with Gasteiger partial charge in [-0.25, -0.2) is 4.39 Å². The normalized spacial score (nSPS) is 15.4. The van der Waals surface area contributed by atoms with Crippen molar-refractivity contribution in [2.45, 2.75) is 18.3 Å². The monoisotopic (exact) mass is 322 g/mol. The molecule has 2 aromatic carbocycles. The molecule has 4 heteroatoms. The van der Waals surface area contributed by atoms with E-state index in [9.17, 15) is 9.18 Å². The molecule has 1 aliphatic carbocycles. The Balaban J connectivity index is 1.57. The van der Waals surface area contributed by atoms with E-state index >= 15 is 0 Å². The molecule has 0 saturated heterocycles. The summed E-state index contributed by atoms with van der Waals surface area (Å²) in [4.78, 5) is 12.3. The maximum absolute atomic E-state index is 13.3. The van der Waals surface area contributed by atoms with Gasteiger partial charge in [-0.3, -0.25) is 4.79 Å². The number of hydrogen-bond donors (Lipinski definition) is 1. The van der Waals surface area contributed by atoms with Crippen LogP contribution in [0.2, 0.25) is 0 Å².